The highest BCUT2D eigenvalue weighted by molar-refractivity contribution is 4.74. The molecule has 0 radical (unpaired) electrons. The molecule has 1 unspecified atom stereocenters. The average molecular weight is 200 g/mol. The Morgan fingerprint density at radius 2 is 2.00 bits per heavy atom. The number of likely N-dealkylation sites (N-methyl/N-ethyl adjacent to an activating group) is 1. The molecule has 0 aromatic rings. The maximum atomic E-state index is 5.33. The first-order chi connectivity index (χ1) is 6.74. The molecule has 0 bridgehead atoms. The molecule has 1 aliphatic rings. The van der Waals surface area contributed by atoms with Gasteiger partial charge in [-0.2, -0.15) is 0 Å². The number of hydrogen-bond acceptors (Lipinski definition) is 3. The van der Waals surface area contributed by atoms with Crippen molar-refractivity contribution < 1.29 is 4.74 Å². The van der Waals surface area contributed by atoms with Gasteiger partial charge in [0.15, 0.2) is 0 Å². The largest absolute Gasteiger partial charge is 0.381 e. The zero-order valence-corrected chi connectivity index (χ0v) is 9.75. The van der Waals surface area contributed by atoms with Crippen LogP contribution in [0, 0.1) is 0 Å². The molecule has 14 heavy (non-hydrogen) atoms. The summed E-state index contributed by atoms with van der Waals surface area (Å²) < 4.78 is 5.33. The first-order valence-electron chi connectivity index (χ1n) is 5.71. The Hall–Kier alpha value is -0.120. The molecule has 1 fully saturated rings. The molecule has 1 aliphatic heterocycles. The highest BCUT2D eigenvalue weighted by Crippen LogP contribution is 2.07. The maximum absolute atomic E-state index is 5.33. The minimum Gasteiger partial charge on any atom is -0.381 e. The second kappa shape index (κ2) is 6.38. The van der Waals surface area contributed by atoms with Crippen LogP contribution in [0.25, 0.3) is 0 Å². The van der Waals surface area contributed by atoms with Crippen LogP contribution in [-0.4, -0.2) is 50.8 Å². The van der Waals surface area contributed by atoms with Crippen LogP contribution in [0.5, 0.6) is 0 Å². The minimum atomic E-state index is 0.665. The second-order valence-corrected chi connectivity index (χ2v) is 4.32. The summed E-state index contributed by atoms with van der Waals surface area (Å²) in [6.07, 6.45) is 3.55. The van der Waals surface area contributed by atoms with Crippen LogP contribution in [0.4, 0.5) is 0 Å². The van der Waals surface area contributed by atoms with E-state index < -0.39 is 0 Å². The fourth-order valence-corrected chi connectivity index (χ4v) is 1.90. The molecule has 1 atom stereocenters. The van der Waals surface area contributed by atoms with Gasteiger partial charge in [-0.15, -0.1) is 0 Å². The Morgan fingerprint density at radius 1 is 1.36 bits per heavy atom. The summed E-state index contributed by atoms with van der Waals surface area (Å²) in [5.74, 6) is 0. The third kappa shape index (κ3) is 3.95. The molecule has 0 aromatic heterocycles. The monoisotopic (exact) mass is 200 g/mol. The Kier molecular flexibility index (Phi) is 5.45. The highest BCUT2D eigenvalue weighted by Gasteiger charge is 2.15. The quantitative estimate of drug-likeness (QED) is 0.719. The topological polar surface area (TPSA) is 24.5 Å². The predicted molar refractivity (Wildman–Crippen MR) is 59.6 cm³/mol. The minimum absolute atomic E-state index is 0.665. The van der Waals surface area contributed by atoms with Gasteiger partial charge in [-0.05, 0) is 33.4 Å². The van der Waals surface area contributed by atoms with Crippen LogP contribution >= 0.6 is 0 Å². The fourth-order valence-electron chi connectivity index (χ4n) is 1.90. The molecule has 0 aliphatic carbocycles. The third-order valence-electron chi connectivity index (χ3n) is 3.06. The summed E-state index contributed by atoms with van der Waals surface area (Å²) in [5.41, 5.74) is 0. The van der Waals surface area contributed by atoms with Gasteiger partial charge in [0.25, 0.3) is 0 Å². The van der Waals surface area contributed by atoms with Crippen LogP contribution in [0.3, 0.4) is 0 Å². The van der Waals surface area contributed by atoms with Gasteiger partial charge in [-0.25, -0.2) is 0 Å². The SMILES string of the molecule is CCC(CNC1CCOCC1)N(C)C. The van der Waals surface area contributed by atoms with E-state index >= 15 is 0 Å². The van der Waals surface area contributed by atoms with Crippen molar-refractivity contribution in [2.45, 2.75) is 38.3 Å². The van der Waals surface area contributed by atoms with E-state index in [0.29, 0.717) is 12.1 Å². The number of rotatable bonds is 5. The van der Waals surface area contributed by atoms with Crippen LogP contribution in [-0.2, 0) is 4.74 Å². The standard InChI is InChI=1S/C11H24N2O/c1-4-11(13(2)3)9-12-10-5-7-14-8-6-10/h10-12H,4-9H2,1-3H3. The lowest BCUT2D eigenvalue weighted by molar-refractivity contribution is 0.0760. The van der Waals surface area contributed by atoms with Gasteiger partial charge in [0, 0.05) is 31.8 Å². The first kappa shape index (κ1) is 12.0. The number of hydrogen-bond donors (Lipinski definition) is 1. The molecule has 0 aromatic carbocycles. The molecule has 1 saturated heterocycles. The maximum Gasteiger partial charge on any atom is 0.0480 e. The van der Waals surface area contributed by atoms with Crippen molar-refractivity contribution in [3.05, 3.63) is 0 Å². The summed E-state index contributed by atoms with van der Waals surface area (Å²) in [7, 11) is 4.31. The molecular formula is C11H24N2O. The summed E-state index contributed by atoms with van der Waals surface area (Å²) in [5, 5.41) is 3.63. The molecule has 1 heterocycles. The van der Waals surface area contributed by atoms with Crippen LogP contribution in [0.1, 0.15) is 26.2 Å². The van der Waals surface area contributed by atoms with E-state index in [1.165, 1.54) is 19.3 Å². The Morgan fingerprint density at radius 3 is 2.50 bits per heavy atom. The zero-order valence-electron chi connectivity index (χ0n) is 9.75. The summed E-state index contributed by atoms with van der Waals surface area (Å²) in [4.78, 5) is 2.30. The predicted octanol–water partition coefficient (Wildman–Crippen LogP) is 1.10. The van der Waals surface area contributed by atoms with Gasteiger partial charge < -0.3 is 15.0 Å². The van der Waals surface area contributed by atoms with Crippen molar-refractivity contribution in [2.24, 2.45) is 0 Å². The Balaban J connectivity index is 2.16. The Labute approximate surface area is 87.8 Å². The van der Waals surface area contributed by atoms with E-state index in [0.717, 1.165) is 19.8 Å². The van der Waals surface area contributed by atoms with E-state index in [-0.39, 0.29) is 0 Å². The first-order valence-corrected chi connectivity index (χ1v) is 5.71. The molecule has 3 heteroatoms. The van der Waals surface area contributed by atoms with Crippen LogP contribution in [0.15, 0.2) is 0 Å². The molecule has 0 amide bonds. The van der Waals surface area contributed by atoms with Crippen molar-refractivity contribution >= 4 is 0 Å². The van der Waals surface area contributed by atoms with Gasteiger partial charge in [0.2, 0.25) is 0 Å². The van der Waals surface area contributed by atoms with E-state index in [9.17, 15) is 0 Å². The van der Waals surface area contributed by atoms with Crippen molar-refractivity contribution in [2.75, 3.05) is 33.9 Å². The smallest absolute Gasteiger partial charge is 0.0480 e. The van der Waals surface area contributed by atoms with Crippen LogP contribution < -0.4 is 5.32 Å². The summed E-state index contributed by atoms with van der Waals surface area (Å²) >= 11 is 0. The van der Waals surface area contributed by atoms with E-state index in [2.05, 4.69) is 31.2 Å². The Bertz CT molecular complexity index is 144. The zero-order chi connectivity index (χ0) is 10.4. The van der Waals surface area contributed by atoms with E-state index in [1.807, 2.05) is 0 Å². The molecule has 1 N–H and O–H groups in total. The highest BCUT2D eigenvalue weighted by atomic mass is 16.5. The van der Waals surface area contributed by atoms with Gasteiger partial charge in [0.05, 0.1) is 0 Å². The summed E-state index contributed by atoms with van der Waals surface area (Å²) in [6.45, 7) is 5.21. The van der Waals surface area contributed by atoms with Crippen molar-refractivity contribution in [1.82, 2.24) is 10.2 Å². The van der Waals surface area contributed by atoms with Gasteiger partial charge in [-0.3, -0.25) is 0 Å². The molecular weight excluding hydrogens is 176 g/mol. The fraction of sp³-hybridized carbons (Fsp3) is 1.00. The molecule has 0 spiro atoms. The lowest BCUT2D eigenvalue weighted by Crippen LogP contribution is -2.43. The van der Waals surface area contributed by atoms with Crippen molar-refractivity contribution in [3.8, 4) is 0 Å². The average Bonchev–Trinajstić information content (AvgIpc) is 2.20. The van der Waals surface area contributed by atoms with Crippen molar-refractivity contribution in [3.63, 3.8) is 0 Å². The third-order valence-corrected chi connectivity index (χ3v) is 3.06. The van der Waals surface area contributed by atoms with Gasteiger partial charge >= 0.3 is 0 Å². The molecule has 84 valence electrons. The normalized spacial score (nSPS) is 21.4. The summed E-state index contributed by atoms with van der Waals surface area (Å²) in [6, 6.07) is 1.34. The van der Waals surface area contributed by atoms with E-state index in [4.69, 9.17) is 4.74 Å². The van der Waals surface area contributed by atoms with Gasteiger partial charge in [0.1, 0.15) is 0 Å². The van der Waals surface area contributed by atoms with Crippen LogP contribution in [0.2, 0.25) is 0 Å². The molecule has 0 saturated carbocycles. The second-order valence-electron chi connectivity index (χ2n) is 4.32. The van der Waals surface area contributed by atoms with Crippen molar-refractivity contribution in [1.29, 1.82) is 0 Å². The molecule has 1 rings (SSSR count). The van der Waals surface area contributed by atoms with E-state index in [1.54, 1.807) is 0 Å². The lowest BCUT2D eigenvalue weighted by Gasteiger charge is -2.28. The molecule has 3 nitrogen and oxygen atoms in total. The number of ether oxygens (including phenoxy) is 1. The number of nitrogens with zero attached hydrogens (tertiary/aromatic N) is 1. The van der Waals surface area contributed by atoms with Gasteiger partial charge in [-0.1, -0.05) is 6.92 Å². The lowest BCUT2D eigenvalue weighted by atomic mass is 10.1. The number of nitrogens with one attached hydrogen (secondary N) is 1.